The number of rotatable bonds is 7. The van der Waals surface area contributed by atoms with Crippen LogP contribution in [0.4, 0.5) is 11.4 Å². The molecule has 0 aliphatic heterocycles. The maximum atomic E-state index is 11.9. The number of aryl methyl sites for hydroxylation is 1. The van der Waals surface area contributed by atoms with Gasteiger partial charge in [0.15, 0.2) is 6.61 Å². The maximum Gasteiger partial charge on any atom is 0.262 e. The van der Waals surface area contributed by atoms with Gasteiger partial charge in [0.05, 0.1) is 0 Å². The van der Waals surface area contributed by atoms with Crippen molar-refractivity contribution >= 4 is 23.2 Å². The molecule has 2 aromatic carbocycles. The van der Waals surface area contributed by atoms with Crippen LogP contribution in [0.25, 0.3) is 0 Å². The normalized spacial score (nSPS) is 10.1. The summed E-state index contributed by atoms with van der Waals surface area (Å²) in [7, 11) is 1.46. The molecule has 0 aliphatic rings. The van der Waals surface area contributed by atoms with E-state index in [9.17, 15) is 9.59 Å². The monoisotopic (exact) mass is 328 g/mol. The Bertz CT molecular complexity index is 681. The van der Waals surface area contributed by atoms with Gasteiger partial charge in [0, 0.05) is 18.5 Å². The predicted octanol–water partition coefficient (Wildman–Crippen LogP) is 2.60. The van der Waals surface area contributed by atoms with Crippen molar-refractivity contribution in [3.05, 3.63) is 54.1 Å². The summed E-state index contributed by atoms with van der Waals surface area (Å²) in [5, 5.41) is 5.40. The average Bonchev–Trinajstić information content (AvgIpc) is 2.56. The van der Waals surface area contributed by atoms with E-state index in [1.807, 2.05) is 31.2 Å². The van der Waals surface area contributed by atoms with Gasteiger partial charge in [0.1, 0.15) is 12.4 Å². The first kappa shape index (κ1) is 17.5. The molecule has 0 bridgehead atoms. The number of nitrogens with one attached hydrogen (secondary N) is 2. The van der Waals surface area contributed by atoms with Crippen molar-refractivity contribution in [1.29, 1.82) is 0 Å². The molecule has 2 N–H and O–H groups in total. The molecular formula is C18H20N2O4. The van der Waals surface area contributed by atoms with Crippen LogP contribution < -0.4 is 15.4 Å². The molecule has 0 radical (unpaired) electrons. The zero-order valence-corrected chi connectivity index (χ0v) is 13.7. The van der Waals surface area contributed by atoms with E-state index < -0.39 is 0 Å². The standard InChI is InChI=1S/C18H20N2O4/c1-13-3-9-16(10-4-13)24-12-18(22)20-15-7-5-14(6-8-15)19-17(21)11-23-2/h3-10H,11-12H2,1-2H3,(H,19,21)(H,20,22). The van der Waals surface area contributed by atoms with Crippen LogP contribution >= 0.6 is 0 Å². The summed E-state index contributed by atoms with van der Waals surface area (Å²) in [5.41, 5.74) is 2.38. The van der Waals surface area contributed by atoms with Gasteiger partial charge in [-0.1, -0.05) is 17.7 Å². The molecule has 0 unspecified atom stereocenters. The highest BCUT2D eigenvalue weighted by Gasteiger charge is 2.05. The van der Waals surface area contributed by atoms with Crippen molar-refractivity contribution < 1.29 is 19.1 Å². The Morgan fingerprint density at radius 1 is 0.833 bits per heavy atom. The third kappa shape index (κ3) is 5.73. The maximum absolute atomic E-state index is 11.9. The van der Waals surface area contributed by atoms with Gasteiger partial charge in [-0.3, -0.25) is 9.59 Å². The summed E-state index contributed by atoms with van der Waals surface area (Å²) in [6, 6.07) is 14.3. The number of benzene rings is 2. The highest BCUT2D eigenvalue weighted by molar-refractivity contribution is 5.93. The van der Waals surface area contributed by atoms with Crippen molar-refractivity contribution in [2.24, 2.45) is 0 Å². The minimum atomic E-state index is -0.258. The molecule has 0 spiro atoms. The Morgan fingerprint density at radius 3 is 1.83 bits per heavy atom. The van der Waals surface area contributed by atoms with Crippen molar-refractivity contribution in [3.63, 3.8) is 0 Å². The van der Waals surface area contributed by atoms with Crippen LogP contribution in [0.1, 0.15) is 5.56 Å². The van der Waals surface area contributed by atoms with Crippen LogP contribution in [0.2, 0.25) is 0 Å². The minimum absolute atomic E-state index is 0.00512. The zero-order chi connectivity index (χ0) is 17.4. The molecule has 0 aromatic heterocycles. The van der Waals surface area contributed by atoms with E-state index in [-0.39, 0.29) is 25.0 Å². The molecule has 0 atom stereocenters. The number of amides is 2. The van der Waals surface area contributed by atoms with E-state index in [0.717, 1.165) is 5.56 Å². The second kappa shape index (κ2) is 8.69. The number of hydrogen-bond donors (Lipinski definition) is 2. The van der Waals surface area contributed by atoms with Crippen LogP contribution in [0.3, 0.4) is 0 Å². The smallest absolute Gasteiger partial charge is 0.262 e. The Hall–Kier alpha value is -2.86. The van der Waals surface area contributed by atoms with E-state index in [1.165, 1.54) is 7.11 Å². The lowest BCUT2D eigenvalue weighted by molar-refractivity contribution is -0.120. The largest absolute Gasteiger partial charge is 0.484 e. The molecule has 2 aromatic rings. The summed E-state index contributed by atoms with van der Waals surface area (Å²) < 4.78 is 10.2. The first-order chi connectivity index (χ1) is 11.6. The number of carbonyl (C=O) groups excluding carboxylic acids is 2. The van der Waals surface area contributed by atoms with E-state index in [2.05, 4.69) is 10.6 Å². The summed E-state index contributed by atoms with van der Waals surface area (Å²) in [6.07, 6.45) is 0. The highest BCUT2D eigenvalue weighted by Crippen LogP contribution is 2.14. The first-order valence-corrected chi connectivity index (χ1v) is 7.45. The summed E-state index contributed by atoms with van der Waals surface area (Å²) in [5.74, 6) is 0.152. The molecule has 0 fully saturated rings. The highest BCUT2D eigenvalue weighted by atomic mass is 16.5. The lowest BCUT2D eigenvalue weighted by Crippen LogP contribution is -2.20. The van der Waals surface area contributed by atoms with Crippen molar-refractivity contribution in [2.75, 3.05) is 31.0 Å². The minimum Gasteiger partial charge on any atom is -0.484 e. The van der Waals surface area contributed by atoms with Crippen LogP contribution in [0.15, 0.2) is 48.5 Å². The molecule has 0 aliphatic carbocycles. The SMILES string of the molecule is COCC(=O)Nc1ccc(NC(=O)COc2ccc(C)cc2)cc1. The molecule has 6 nitrogen and oxygen atoms in total. The second-order valence-electron chi connectivity index (χ2n) is 5.21. The van der Waals surface area contributed by atoms with Gasteiger partial charge in [-0.15, -0.1) is 0 Å². The quantitative estimate of drug-likeness (QED) is 0.819. The fourth-order valence-corrected chi connectivity index (χ4v) is 1.95. The van der Waals surface area contributed by atoms with E-state index >= 15 is 0 Å². The Kier molecular flexibility index (Phi) is 6.33. The molecule has 6 heteroatoms. The van der Waals surface area contributed by atoms with Crippen LogP contribution in [0.5, 0.6) is 5.75 Å². The van der Waals surface area contributed by atoms with E-state index in [1.54, 1.807) is 24.3 Å². The van der Waals surface area contributed by atoms with Gasteiger partial charge in [0.25, 0.3) is 5.91 Å². The summed E-state index contributed by atoms with van der Waals surface area (Å²) in [6.45, 7) is 1.90. The number of hydrogen-bond acceptors (Lipinski definition) is 4. The molecule has 126 valence electrons. The summed E-state index contributed by atoms with van der Waals surface area (Å²) >= 11 is 0. The third-order valence-electron chi connectivity index (χ3n) is 3.12. The Labute approximate surface area is 140 Å². The van der Waals surface area contributed by atoms with E-state index in [0.29, 0.717) is 17.1 Å². The van der Waals surface area contributed by atoms with Gasteiger partial charge in [-0.05, 0) is 43.3 Å². The third-order valence-corrected chi connectivity index (χ3v) is 3.12. The van der Waals surface area contributed by atoms with Crippen molar-refractivity contribution in [1.82, 2.24) is 0 Å². The Balaban J connectivity index is 1.81. The van der Waals surface area contributed by atoms with Crippen molar-refractivity contribution in [3.8, 4) is 5.75 Å². The van der Waals surface area contributed by atoms with Gasteiger partial charge >= 0.3 is 0 Å². The van der Waals surface area contributed by atoms with Crippen LogP contribution in [0, 0.1) is 6.92 Å². The second-order valence-corrected chi connectivity index (χ2v) is 5.21. The average molecular weight is 328 g/mol. The topological polar surface area (TPSA) is 76.7 Å². The Morgan fingerprint density at radius 2 is 1.33 bits per heavy atom. The van der Waals surface area contributed by atoms with Crippen LogP contribution in [-0.4, -0.2) is 32.1 Å². The molecule has 24 heavy (non-hydrogen) atoms. The molecular weight excluding hydrogens is 308 g/mol. The van der Waals surface area contributed by atoms with Gasteiger partial charge in [-0.25, -0.2) is 0 Å². The van der Waals surface area contributed by atoms with E-state index in [4.69, 9.17) is 9.47 Å². The lowest BCUT2D eigenvalue weighted by atomic mass is 10.2. The number of anilines is 2. The lowest BCUT2D eigenvalue weighted by Gasteiger charge is -2.09. The zero-order valence-electron chi connectivity index (χ0n) is 13.7. The molecule has 0 heterocycles. The number of methoxy groups -OCH3 is 1. The van der Waals surface area contributed by atoms with Crippen molar-refractivity contribution in [2.45, 2.75) is 6.92 Å². The van der Waals surface area contributed by atoms with Gasteiger partial charge in [0.2, 0.25) is 5.91 Å². The van der Waals surface area contributed by atoms with Gasteiger partial charge < -0.3 is 20.1 Å². The fraction of sp³-hybridized carbons (Fsp3) is 0.222. The molecule has 2 amide bonds. The molecule has 0 saturated carbocycles. The van der Waals surface area contributed by atoms with Crippen LogP contribution in [-0.2, 0) is 14.3 Å². The predicted molar refractivity (Wildman–Crippen MR) is 92.3 cm³/mol. The fourth-order valence-electron chi connectivity index (χ4n) is 1.95. The molecule has 0 saturated heterocycles. The number of ether oxygens (including phenoxy) is 2. The first-order valence-electron chi connectivity index (χ1n) is 7.45. The van der Waals surface area contributed by atoms with Gasteiger partial charge in [-0.2, -0.15) is 0 Å². The summed E-state index contributed by atoms with van der Waals surface area (Å²) in [4.78, 5) is 23.3. The number of carbonyl (C=O) groups is 2. The molecule has 2 rings (SSSR count).